The Morgan fingerprint density at radius 1 is 1.06 bits per heavy atom. The molecule has 0 aromatic carbocycles. The van der Waals surface area contributed by atoms with E-state index in [2.05, 4.69) is 17.6 Å². The van der Waals surface area contributed by atoms with Crippen LogP contribution in [-0.2, 0) is 4.79 Å². The van der Waals surface area contributed by atoms with Crippen LogP contribution >= 0.6 is 0 Å². The minimum absolute atomic E-state index is 0.105. The van der Waals surface area contributed by atoms with E-state index < -0.39 is 0 Å². The molecule has 0 aromatic rings. The molecule has 3 nitrogen and oxygen atoms in total. The van der Waals surface area contributed by atoms with Gasteiger partial charge < -0.3 is 10.6 Å². The van der Waals surface area contributed by atoms with Crippen LogP contribution in [0.25, 0.3) is 0 Å². The van der Waals surface area contributed by atoms with Crippen molar-refractivity contribution < 1.29 is 4.79 Å². The normalized spacial score (nSPS) is 11.5. The van der Waals surface area contributed by atoms with Gasteiger partial charge in [0.05, 0.1) is 5.41 Å². The van der Waals surface area contributed by atoms with Crippen LogP contribution in [0.3, 0.4) is 0 Å². The van der Waals surface area contributed by atoms with E-state index in [1.807, 2.05) is 13.8 Å². The van der Waals surface area contributed by atoms with Gasteiger partial charge in [-0.1, -0.05) is 39.0 Å². The Hall–Kier alpha value is -0.570. The molecule has 0 radical (unpaired) electrons. The van der Waals surface area contributed by atoms with E-state index in [1.54, 1.807) is 7.05 Å². The number of nitrogens with one attached hydrogen (secondary N) is 2. The maximum absolute atomic E-state index is 11.5. The summed E-state index contributed by atoms with van der Waals surface area (Å²) in [6.45, 7) is 7.96. The molecule has 0 unspecified atom stereocenters. The minimum Gasteiger partial charge on any atom is -0.359 e. The lowest BCUT2D eigenvalue weighted by atomic mass is 9.92. The molecule has 17 heavy (non-hydrogen) atoms. The average Bonchev–Trinajstić information content (AvgIpc) is 2.31. The molecular weight excluding hydrogens is 212 g/mol. The molecule has 0 spiro atoms. The van der Waals surface area contributed by atoms with Gasteiger partial charge in [-0.3, -0.25) is 4.79 Å². The Labute approximate surface area is 107 Å². The van der Waals surface area contributed by atoms with Crippen molar-refractivity contribution in [1.82, 2.24) is 10.6 Å². The van der Waals surface area contributed by atoms with Crippen molar-refractivity contribution in [2.75, 3.05) is 20.1 Å². The highest BCUT2D eigenvalue weighted by atomic mass is 16.2. The van der Waals surface area contributed by atoms with Gasteiger partial charge in [0.2, 0.25) is 5.91 Å². The molecule has 102 valence electrons. The van der Waals surface area contributed by atoms with Gasteiger partial charge in [-0.25, -0.2) is 0 Å². The molecular formula is C14H30N2O. The molecule has 0 fully saturated rings. The molecule has 2 N–H and O–H groups in total. The zero-order valence-electron chi connectivity index (χ0n) is 12.1. The number of hydrogen-bond donors (Lipinski definition) is 2. The summed E-state index contributed by atoms with van der Waals surface area (Å²) in [7, 11) is 1.69. The summed E-state index contributed by atoms with van der Waals surface area (Å²) < 4.78 is 0. The van der Waals surface area contributed by atoms with Gasteiger partial charge in [0.25, 0.3) is 0 Å². The molecule has 0 saturated heterocycles. The zero-order valence-corrected chi connectivity index (χ0v) is 12.1. The zero-order chi connectivity index (χ0) is 13.1. The van der Waals surface area contributed by atoms with Crippen LogP contribution in [0.5, 0.6) is 0 Å². The van der Waals surface area contributed by atoms with Crippen molar-refractivity contribution in [3.63, 3.8) is 0 Å². The summed E-state index contributed by atoms with van der Waals surface area (Å²) in [5.74, 6) is 0.105. The predicted molar refractivity (Wildman–Crippen MR) is 74.1 cm³/mol. The van der Waals surface area contributed by atoms with E-state index >= 15 is 0 Å². The lowest BCUT2D eigenvalue weighted by Gasteiger charge is -2.22. The number of unbranched alkanes of at least 4 members (excludes halogenated alkanes) is 5. The summed E-state index contributed by atoms with van der Waals surface area (Å²) in [5, 5.41) is 6.07. The van der Waals surface area contributed by atoms with Crippen molar-refractivity contribution in [1.29, 1.82) is 0 Å². The lowest BCUT2D eigenvalue weighted by Crippen LogP contribution is -2.42. The monoisotopic (exact) mass is 242 g/mol. The first kappa shape index (κ1) is 16.4. The lowest BCUT2D eigenvalue weighted by molar-refractivity contribution is -0.128. The summed E-state index contributed by atoms with van der Waals surface area (Å²) in [6, 6.07) is 0. The van der Waals surface area contributed by atoms with Crippen LogP contribution in [0.2, 0.25) is 0 Å². The molecule has 0 rings (SSSR count). The van der Waals surface area contributed by atoms with Gasteiger partial charge >= 0.3 is 0 Å². The number of carbonyl (C=O) groups excluding carboxylic acids is 1. The SMILES string of the molecule is CCCCCCCCNCC(C)(C)C(=O)NC. The fourth-order valence-electron chi connectivity index (χ4n) is 1.85. The Bertz CT molecular complexity index is 202. The van der Waals surface area contributed by atoms with Crippen LogP contribution in [0.15, 0.2) is 0 Å². The average molecular weight is 242 g/mol. The third kappa shape index (κ3) is 8.19. The summed E-state index contributed by atoms with van der Waals surface area (Å²) >= 11 is 0. The minimum atomic E-state index is -0.309. The van der Waals surface area contributed by atoms with Crippen molar-refractivity contribution in [2.24, 2.45) is 5.41 Å². The number of hydrogen-bond acceptors (Lipinski definition) is 2. The van der Waals surface area contributed by atoms with Gasteiger partial charge in [0, 0.05) is 13.6 Å². The van der Waals surface area contributed by atoms with Crippen molar-refractivity contribution in [3.05, 3.63) is 0 Å². The second-order valence-corrected chi connectivity index (χ2v) is 5.41. The highest BCUT2D eigenvalue weighted by Gasteiger charge is 2.25. The fourth-order valence-corrected chi connectivity index (χ4v) is 1.85. The summed E-state index contributed by atoms with van der Waals surface area (Å²) in [5.41, 5.74) is -0.309. The Morgan fingerprint density at radius 3 is 2.24 bits per heavy atom. The predicted octanol–water partition coefficient (Wildman–Crippen LogP) is 2.71. The maximum Gasteiger partial charge on any atom is 0.226 e. The van der Waals surface area contributed by atoms with Crippen molar-refractivity contribution in [3.8, 4) is 0 Å². The van der Waals surface area contributed by atoms with E-state index in [1.165, 1.54) is 38.5 Å². The molecule has 0 aliphatic heterocycles. The molecule has 0 heterocycles. The number of carbonyl (C=O) groups is 1. The van der Waals surface area contributed by atoms with Gasteiger partial charge in [0.15, 0.2) is 0 Å². The highest BCUT2D eigenvalue weighted by Crippen LogP contribution is 2.13. The van der Waals surface area contributed by atoms with Crippen molar-refractivity contribution >= 4 is 5.91 Å². The fraction of sp³-hybridized carbons (Fsp3) is 0.929. The first-order valence-corrected chi connectivity index (χ1v) is 6.97. The highest BCUT2D eigenvalue weighted by molar-refractivity contribution is 5.81. The number of rotatable bonds is 10. The smallest absolute Gasteiger partial charge is 0.226 e. The van der Waals surface area contributed by atoms with E-state index in [-0.39, 0.29) is 11.3 Å². The largest absolute Gasteiger partial charge is 0.359 e. The van der Waals surface area contributed by atoms with E-state index in [9.17, 15) is 4.79 Å². The second-order valence-electron chi connectivity index (χ2n) is 5.41. The summed E-state index contributed by atoms with van der Waals surface area (Å²) in [4.78, 5) is 11.5. The molecule has 0 aliphatic rings. The van der Waals surface area contributed by atoms with Gasteiger partial charge in [-0.05, 0) is 26.8 Å². The standard InChI is InChI=1S/C14H30N2O/c1-5-6-7-8-9-10-11-16-12-14(2,3)13(17)15-4/h16H,5-12H2,1-4H3,(H,15,17). The van der Waals surface area contributed by atoms with E-state index in [4.69, 9.17) is 0 Å². The molecule has 0 aromatic heterocycles. The van der Waals surface area contributed by atoms with Crippen LogP contribution in [0, 0.1) is 5.41 Å². The third-order valence-electron chi connectivity index (χ3n) is 3.12. The van der Waals surface area contributed by atoms with E-state index in [0.29, 0.717) is 0 Å². The van der Waals surface area contributed by atoms with Crippen LogP contribution in [-0.4, -0.2) is 26.0 Å². The molecule has 0 aliphatic carbocycles. The van der Waals surface area contributed by atoms with Crippen LogP contribution < -0.4 is 10.6 Å². The Kier molecular flexibility index (Phi) is 9.14. The third-order valence-corrected chi connectivity index (χ3v) is 3.12. The van der Waals surface area contributed by atoms with Gasteiger partial charge in [-0.2, -0.15) is 0 Å². The van der Waals surface area contributed by atoms with E-state index in [0.717, 1.165) is 13.1 Å². The number of amides is 1. The Morgan fingerprint density at radius 2 is 1.65 bits per heavy atom. The maximum atomic E-state index is 11.5. The molecule has 3 heteroatoms. The first-order valence-electron chi connectivity index (χ1n) is 6.97. The first-order chi connectivity index (χ1) is 8.04. The topological polar surface area (TPSA) is 41.1 Å². The summed E-state index contributed by atoms with van der Waals surface area (Å²) in [6.07, 6.45) is 7.88. The van der Waals surface area contributed by atoms with Crippen molar-refractivity contribution in [2.45, 2.75) is 59.3 Å². The van der Waals surface area contributed by atoms with Gasteiger partial charge in [0.1, 0.15) is 0 Å². The molecule has 0 atom stereocenters. The second kappa shape index (κ2) is 9.46. The molecule has 0 bridgehead atoms. The van der Waals surface area contributed by atoms with Gasteiger partial charge in [-0.15, -0.1) is 0 Å². The Balaban J connectivity index is 3.42. The molecule has 0 saturated carbocycles. The van der Waals surface area contributed by atoms with Crippen LogP contribution in [0.4, 0.5) is 0 Å². The van der Waals surface area contributed by atoms with Crippen LogP contribution in [0.1, 0.15) is 59.3 Å². The quantitative estimate of drug-likeness (QED) is 0.578. The molecule has 1 amide bonds.